The van der Waals surface area contributed by atoms with E-state index >= 15 is 0 Å². The maximum Gasteiger partial charge on any atom is 0.322 e. The topological polar surface area (TPSA) is 65.5 Å². The number of hydrogen-bond donors (Lipinski definition) is 2. The number of benzene rings is 1. The van der Waals surface area contributed by atoms with Crippen molar-refractivity contribution in [3.63, 3.8) is 0 Å². The Morgan fingerprint density at radius 3 is 2.95 bits per heavy atom. The number of anilines is 1. The second-order valence-electron chi connectivity index (χ2n) is 5.40. The number of carbonyl (C=O) groups excluding carboxylic acids is 1. The van der Waals surface area contributed by atoms with Crippen molar-refractivity contribution in [3.05, 3.63) is 36.0 Å². The number of nitrogens with one attached hydrogen (secondary N) is 1. The zero-order chi connectivity index (χ0) is 15.5. The third-order valence-electron chi connectivity index (χ3n) is 3.89. The lowest BCUT2D eigenvalue weighted by Gasteiger charge is -2.22. The third-order valence-corrected chi connectivity index (χ3v) is 5.01. The van der Waals surface area contributed by atoms with Gasteiger partial charge >= 0.3 is 6.03 Å². The second-order valence-corrected chi connectivity index (χ2v) is 6.40. The molecule has 0 unspecified atom stereocenters. The summed E-state index contributed by atoms with van der Waals surface area (Å²) in [6.45, 7) is 2.61. The average Bonchev–Trinajstić information content (AvgIpc) is 3.15. The lowest BCUT2D eigenvalue weighted by Crippen LogP contribution is -2.40. The van der Waals surface area contributed by atoms with Crippen molar-refractivity contribution >= 4 is 22.4 Å². The van der Waals surface area contributed by atoms with Gasteiger partial charge in [-0.1, -0.05) is 41.7 Å². The number of hydrogen-bond acceptors (Lipinski definition) is 4. The van der Waals surface area contributed by atoms with Crippen LogP contribution in [0.3, 0.4) is 0 Å². The standard InChI is InChI=1S/C16H19N3O2S/c1-11-14(18-16(21)19-9-5-8-13(19)10-20)22-15(17-11)12-6-3-2-4-7-12/h2-4,6-7,13,20H,5,8-10H2,1H3,(H,18,21)/t13-/m1/s1. The number of aryl methyl sites for hydroxylation is 1. The van der Waals surface area contributed by atoms with Crippen LogP contribution in [0.25, 0.3) is 10.6 Å². The molecule has 116 valence electrons. The molecule has 1 aromatic heterocycles. The van der Waals surface area contributed by atoms with Gasteiger partial charge in [0.1, 0.15) is 10.0 Å². The van der Waals surface area contributed by atoms with Gasteiger partial charge in [0.15, 0.2) is 0 Å². The SMILES string of the molecule is Cc1nc(-c2ccccc2)sc1NC(=O)N1CCC[C@@H]1CO. The van der Waals surface area contributed by atoms with E-state index in [9.17, 15) is 9.90 Å². The van der Waals surface area contributed by atoms with Crippen molar-refractivity contribution in [1.82, 2.24) is 9.88 Å². The maximum atomic E-state index is 12.4. The molecule has 2 heterocycles. The first kappa shape index (κ1) is 15.0. The molecule has 5 nitrogen and oxygen atoms in total. The number of nitrogens with zero attached hydrogens (tertiary/aromatic N) is 2. The fourth-order valence-electron chi connectivity index (χ4n) is 2.68. The summed E-state index contributed by atoms with van der Waals surface area (Å²) in [5.41, 5.74) is 1.86. The predicted octanol–water partition coefficient (Wildman–Crippen LogP) is 3.11. The molecule has 3 rings (SSSR count). The van der Waals surface area contributed by atoms with E-state index in [1.807, 2.05) is 37.3 Å². The highest BCUT2D eigenvalue weighted by molar-refractivity contribution is 7.19. The molecule has 22 heavy (non-hydrogen) atoms. The molecule has 6 heteroatoms. The van der Waals surface area contributed by atoms with Crippen LogP contribution in [0.1, 0.15) is 18.5 Å². The van der Waals surface area contributed by atoms with Gasteiger partial charge in [-0.05, 0) is 19.8 Å². The Hall–Kier alpha value is -1.92. The first-order chi connectivity index (χ1) is 10.7. The number of carbonyl (C=O) groups is 1. The van der Waals surface area contributed by atoms with Crippen LogP contribution >= 0.6 is 11.3 Å². The number of likely N-dealkylation sites (tertiary alicyclic amines) is 1. The summed E-state index contributed by atoms with van der Waals surface area (Å²) in [6.07, 6.45) is 1.80. The summed E-state index contributed by atoms with van der Waals surface area (Å²) < 4.78 is 0. The number of rotatable bonds is 3. The molecule has 1 atom stereocenters. The van der Waals surface area contributed by atoms with Gasteiger partial charge in [-0.25, -0.2) is 9.78 Å². The van der Waals surface area contributed by atoms with Gasteiger partial charge in [-0.15, -0.1) is 0 Å². The van der Waals surface area contributed by atoms with Crippen molar-refractivity contribution in [3.8, 4) is 10.6 Å². The van der Waals surface area contributed by atoms with Crippen molar-refractivity contribution in [2.45, 2.75) is 25.8 Å². The highest BCUT2D eigenvalue weighted by Crippen LogP contribution is 2.32. The van der Waals surface area contributed by atoms with E-state index in [1.54, 1.807) is 4.90 Å². The molecular weight excluding hydrogens is 298 g/mol. The number of aliphatic hydroxyl groups is 1. The molecule has 0 spiro atoms. The third kappa shape index (κ3) is 2.98. The van der Waals surface area contributed by atoms with E-state index in [0.29, 0.717) is 6.54 Å². The normalized spacial score (nSPS) is 17.7. The van der Waals surface area contributed by atoms with E-state index in [4.69, 9.17) is 0 Å². The van der Waals surface area contributed by atoms with Crippen molar-refractivity contribution in [1.29, 1.82) is 0 Å². The van der Waals surface area contributed by atoms with Gasteiger partial charge in [-0.3, -0.25) is 5.32 Å². The van der Waals surface area contributed by atoms with Crippen LogP contribution in [0.2, 0.25) is 0 Å². The zero-order valence-corrected chi connectivity index (χ0v) is 13.3. The van der Waals surface area contributed by atoms with Gasteiger partial charge in [0.25, 0.3) is 0 Å². The van der Waals surface area contributed by atoms with E-state index in [1.165, 1.54) is 11.3 Å². The first-order valence-corrected chi connectivity index (χ1v) is 8.22. The lowest BCUT2D eigenvalue weighted by atomic mass is 10.2. The minimum Gasteiger partial charge on any atom is -0.394 e. The fourth-order valence-corrected chi connectivity index (χ4v) is 3.64. The minimum absolute atomic E-state index is 0.0182. The molecule has 1 aromatic carbocycles. The number of aromatic nitrogens is 1. The van der Waals surface area contributed by atoms with E-state index in [0.717, 1.165) is 34.1 Å². The summed E-state index contributed by atoms with van der Waals surface area (Å²) in [7, 11) is 0. The van der Waals surface area contributed by atoms with Gasteiger partial charge in [0.05, 0.1) is 18.3 Å². The van der Waals surface area contributed by atoms with E-state index < -0.39 is 0 Å². The Kier molecular flexibility index (Phi) is 4.40. The Labute approximate surface area is 133 Å². The molecular formula is C16H19N3O2S. The van der Waals surface area contributed by atoms with Crippen LogP contribution in [0.15, 0.2) is 30.3 Å². The summed E-state index contributed by atoms with van der Waals surface area (Å²) >= 11 is 1.48. The van der Waals surface area contributed by atoms with Crippen LogP contribution in [-0.2, 0) is 0 Å². The second kappa shape index (κ2) is 6.46. The molecule has 1 saturated heterocycles. The fraction of sp³-hybridized carbons (Fsp3) is 0.375. The summed E-state index contributed by atoms with van der Waals surface area (Å²) in [6, 6.07) is 9.71. The van der Waals surface area contributed by atoms with Crippen LogP contribution in [-0.4, -0.2) is 40.2 Å². The van der Waals surface area contributed by atoms with Gasteiger partial charge in [0, 0.05) is 12.1 Å². The van der Waals surface area contributed by atoms with E-state index in [2.05, 4.69) is 10.3 Å². The maximum absolute atomic E-state index is 12.4. The smallest absolute Gasteiger partial charge is 0.322 e. The number of thiazole rings is 1. The van der Waals surface area contributed by atoms with Gasteiger partial charge in [-0.2, -0.15) is 0 Å². The van der Waals surface area contributed by atoms with Crippen molar-refractivity contribution in [2.75, 3.05) is 18.5 Å². The predicted molar refractivity (Wildman–Crippen MR) is 88.1 cm³/mol. The molecule has 1 fully saturated rings. The Bertz CT molecular complexity index is 657. The van der Waals surface area contributed by atoms with Crippen LogP contribution in [0.4, 0.5) is 9.80 Å². The molecule has 0 bridgehead atoms. The van der Waals surface area contributed by atoms with Crippen molar-refractivity contribution < 1.29 is 9.90 Å². The Morgan fingerprint density at radius 1 is 1.45 bits per heavy atom. The van der Waals surface area contributed by atoms with E-state index in [-0.39, 0.29) is 18.7 Å². The first-order valence-electron chi connectivity index (χ1n) is 7.40. The molecule has 1 aliphatic rings. The average molecular weight is 317 g/mol. The number of urea groups is 1. The molecule has 0 aliphatic carbocycles. The number of amides is 2. The Morgan fingerprint density at radius 2 is 2.23 bits per heavy atom. The molecule has 2 aromatic rings. The molecule has 1 aliphatic heterocycles. The van der Waals surface area contributed by atoms with Crippen LogP contribution in [0, 0.1) is 6.92 Å². The Balaban J connectivity index is 1.76. The lowest BCUT2D eigenvalue weighted by molar-refractivity contribution is 0.166. The van der Waals surface area contributed by atoms with Crippen LogP contribution < -0.4 is 5.32 Å². The summed E-state index contributed by atoms with van der Waals surface area (Å²) in [5, 5.41) is 13.9. The summed E-state index contributed by atoms with van der Waals surface area (Å²) in [5.74, 6) is 0. The zero-order valence-electron chi connectivity index (χ0n) is 12.5. The van der Waals surface area contributed by atoms with Crippen molar-refractivity contribution in [2.24, 2.45) is 0 Å². The number of aliphatic hydroxyl groups excluding tert-OH is 1. The van der Waals surface area contributed by atoms with Crippen LogP contribution in [0.5, 0.6) is 0 Å². The van der Waals surface area contributed by atoms with Gasteiger partial charge in [0.2, 0.25) is 0 Å². The quantitative estimate of drug-likeness (QED) is 0.914. The van der Waals surface area contributed by atoms with Gasteiger partial charge < -0.3 is 10.0 Å². The summed E-state index contributed by atoms with van der Waals surface area (Å²) in [4.78, 5) is 18.6. The molecule has 2 amide bonds. The molecule has 2 N–H and O–H groups in total. The highest BCUT2D eigenvalue weighted by atomic mass is 32.1. The molecule has 0 saturated carbocycles. The highest BCUT2D eigenvalue weighted by Gasteiger charge is 2.28. The monoisotopic (exact) mass is 317 g/mol. The largest absolute Gasteiger partial charge is 0.394 e. The minimum atomic E-state index is -0.150. The molecule has 0 radical (unpaired) electrons.